The number of nitrogens with zero attached hydrogens (tertiary/aromatic N) is 5. The van der Waals surface area contributed by atoms with Gasteiger partial charge in [-0.15, -0.1) is 5.10 Å². The van der Waals surface area contributed by atoms with Crippen LogP contribution in [0.1, 0.15) is 19.3 Å². The topological polar surface area (TPSA) is 64.9 Å². The first-order chi connectivity index (χ1) is 9.75. The Hall–Kier alpha value is -1.73. The summed E-state index contributed by atoms with van der Waals surface area (Å²) in [5.41, 5.74) is 0.922. The molecule has 0 unspecified atom stereocenters. The van der Waals surface area contributed by atoms with Crippen LogP contribution in [0.4, 0.5) is 0 Å². The van der Waals surface area contributed by atoms with Crippen LogP contribution in [-0.4, -0.2) is 37.4 Å². The number of nitrogen functional groups attached to an aromatic ring is 1. The molecule has 1 aliphatic heterocycles. The van der Waals surface area contributed by atoms with E-state index in [-0.39, 0.29) is 0 Å². The summed E-state index contributed by atoms with van der Waals surface area (Å²) in [6.07, 6.45) is 7.25. The van der Waals surface area contributed by atoms with Crippen molar-refractivity contribution in [2.45, 2.75) is 25.9 Å². The predicted octanol–water partition coefficient (Wildman–Crippen LogP) is 1.63. The lowest BCUT2D eigenvalue weighted by atomic mass is 10.1. The van der Waals surface area contributed by atoms with Crippen molar-refractivity contribution in [2.75, 3.05) is 18.9 Å². The fourth-order valence-corrected chi connectivity index (χ4v) is 2.69. The molecule has 0 bridgehead atoms. The van der Waals surface area contributed by atoms with E-state index in [1.54, 1.807) is 17.1 Å². The van der Waals surface area contributed by atoms with Crippen molar-refractivity contribution < 1.29 is 0 Å². The first-order valence-electron chi connectivity index (χ1n) is 6.83. The molecule has 7 heteroatoms. The molecule has 0 spiro atoms. The summed E-state index contributed by atoms with van der Waals surface area (Å²) in [6.45, 7) is 2.91. The third-order valence-electron chi connectivity index (χ3n) is 3.59. The first-order valence-corrected chi connectivity index (χ1v) is 7.24. The number of likely N-dealkylation sites (tertiary alicyclic amines) is 1. The average Bonchev–Trinajstić information content (AvgIpc) is 2.78. The number of rotatable bonds is 3. The highest BCUT2D eigenvalue weighted by Gasteiger charge is 2.15. The Labute approximate surface area is 122 Å². The van der Waals surface area contributed by atoms with Gasteiger partial charge in [0.1, 0.15) is 0 Å². The molecule has 0 saturated carbocycles. The molecule has 2 N–H and O–H groups in total. The van der Waals surface area contributed by atoms with E-state index in [4.69, 9.17) is 18.1 Å². The van der Waals surface area contributed by atoms with Crippen LogP contribution in [0, 0.1) is 4.77 Å². The second-order valence-electron chi connectivity index (χ2n) is 5.03. The van der Waals surface area contributed by atoms with Gasteiger partial charge in [0.25, 0.3) is 0 Å². The maximum atomic E-state index is 6.03. The van der Waals surface area contributed by atoms with Crippen molar-refractivity contribution in [1.82, 2.24) is 24.3 Å². The molecule has 1 saturated heterocycles. The second-order valence-corrected chi connectivity index (χ2v) is 5.40. The minimum Gasteiger partial charge on any atom is -0.335 e. The van der Waals surface area contributed by atoms with E-state index in [0.29, 0.717) is 17.3 Å². The number of nitrogens with two attached hydrogens (primary N) is 1. The molecule has 106 valence electrons. The molecule has 1 aliphatic rings. The third kappa shape index (κ3) is 2.59. The van der Waals surface area contributed by atoms with E-state index in [1.165, 1.54) is 23.9 Å². The lowest BCUT2D eigenvalue weighted by molar-refractivity contribution is 0.172. The van der Waals surface area contributed by atoms with Crippen molar-refractivity contribution in [3.63, 3.8) is 0 Å². The fraction of sp³-hybridized carbons (Fsp3) is 0.462. The number of hydrogen-bond donors (Lipinski definition) is 1. The zero-order chi connectivity index (χ0) is 13.9. The van der Waals surface area contributed by atoms with Crippen molar-refractivity contribution in [3.05, 3.63) is 29.3 Å². The van der Waals surface area contributed by atoms with Crippen LogP contribution >= 0.6 is 12.2 Å². The van der Waals surface area contributed by atoms with Gasteiger partial charge >= 0.3 is 0 Å². The summed E-state index contributed by atoms with van der Waals surface area (Å²) in [4.78, 5) is 6.37. The quantitative estimate of drug-likeness (QED) is 0.687. The fourth-order valence-electron chi connectivity index (χ4n) is 2.50. The molecule has 2 aromatic heterocycles. The number of piperidine rings is 1. The van der Waals surface area contributed by atoms with E-state index in [0.717, 1.165) is 18.7 Å². The Morgan fingerprint density at radius 1 is 1.15 bits per heavy atom. The van der Waals surface area contributed by atoms with Gasteiger partial charge in [0.2, 0.25) is 4.77 Å². The van der Waals surface area contributed by atoms with Gasteiger partial charge in [0.05, 0.1) is 6.67 Å². The van der Waals surface area contributed by atoms with Crippen LogP contribution in [0.3, 0.4) is 0 Å². The molecule has 0 aliphatic carbocycles. The number of hydrogen-bond acceptors (Lipinski definition) is 5. The molecular weight excluding hydrogens is 272 g/mol. The van der Waals surface area contributed by atoms with Crippen molar-refractivity contribution >= 4 is 12.2 Å². The molecule has 0 aromatic carbocycles. The molecule has 2 aromatic rings. The smallest absolute Gasteiger partial charge is 0.218 e. The van der Waals surface area contributed by atoms with Crippen LogP contribution in [0.25, 0.3) is 11.4 Å². The summed E-state index contributed by atoms with van der Waals surface area (Å²) in [5.74, 6) is 6.71. The maximum absolute atomic E-state index is 6.03. The van der Waals surface area contributed by atoms with Crippen molar-refractivity contribution in [2.24, 2.45) is 0 Å². The molecule has 0 amide bonds. The van der Waals surface area contributed by atoms with Crippen LogP contribution in [0.5, 0.6) is 0 Å². The Kier molecular flexibility index (Phi) is 3.79. The number of aromatic nitrogens is 4. The number of pyridine rings is 1. The first kappa shape index (κ1) is 13.3. The SMILES string of the molecule is Nn1c(-c2ccncc2)nn(CN2CCCCC2)c1=S. The normalized spacial score (nSPS) is 16.4. The second kappa shape index (κ2) is 5.72. The molecular formula is C13H18N6S. The van der Waals surface area contributed by atoms with Gasteiger partial charge in [0, 0.05) is 18.0 Å². The van der Waals surface area contributed by atoms with Gasteiger partial charge in [-0.05, 0) is 50.3 Å². The predicted molar refractivity (Wildman–Crippen MR) is 79.9 cm³/mol. The minimum absolute atomic E-state index is 0.544. The van der Waals surface area contributed by atoms with Crippen LogP contribution < -0.4 is 5.84 Å². The molecule has 0 atom stereocenters. The molecule has 20 heavy (non-hydrogen) atoms. The largest absolute Gasteiger partial charge is 0.335 e. The van der Waals surface area contributed by atoms with Gasteiger partial charge < -0.3 is 5.84 Å². The van der Waals surface area contributed by atoms with Crippen molar-refractivity contribution in [3.8, 4) is 11.4 Å². The summed E-state index contributed by atoms with van der Waals surface area (Å²) in [7, 11) is 0. The average molecular weight is 290 g/mol. The lowest BCUT2D eigenvalue weighted by Gasteiger charge is -2.25. The monoisotopic (exact) mass is 290 g/mol. The van der Waals surface area contributed by atoms with Crippen LogP contribution in [0.2, 0.25) is 0 Å². The Morgan fingerprint density at radius 2 is 1.85 bits per heavy atom. The Bertz CT molecular complexity index is 626. The van der Waals surface area contributed by atoms with Gasteiger partial charge in [-0.3, -0.25) is 9.88 Å². The van der Waals surface area contributed by atoms with E-state index in [1.807, 2.05) is 12.1 Å². The Balaban J connectivity index is 1.88. The molecule has 3 rings (SSSR count). The zero-order valence-corrected chi connectivity index (χ0v) is 12.1. The molecule has 3 heterocycles. The van der Waals surface area contributed by atoms with Crippen LogP contribution in [-0.2, 0) is 6.67 Å². The Morgan fingerprint density at radius 3 is 2.55 bits per heavy atom. The summed E-state index contributed by atoms with van der Waals surface area (Å²) in [6, 6.07) is 3.76. The van der Waals surface area contributed by atoms with E-state index < -0.39 is 0 Å². The summed E-state index contributed by atoms with van der Waals surface area (Å²) in [5, 5.41) is 4.55. The maximum Gasteiger partial charge on any atom is 0.218 e. The van der Waals surface area contributed by atoms with Gasteiger partial charge in [-0.1, -0.05) is 6.42 Å². The van der Waals surface area contributed by atoms with Gasteiger partial charge in [-0.2, -0.15) is 0 Å². The zero-order valence-electron chi connectivity index (χ0n) is 11.3. The van der Waals surface area contributed by atoms with Crippen molar-refractivity contribution in [1.29, 1.82) is 0 Å². The van der Waals surface area contributed by atoms with E-state index >= 15 is 0 Å². The minimum atomic E-state index is 0.544. The van der Waals surface area contributed by atoms with Gasteiger partial charge in [0.15, 0.2) is 5.82 Å². The lowest BCUT2D eigenvalue weighted by Crippen LogP contribution is -2.32. The summed E-state index contributed by atoms with van der Waals surface area (Å²) < 4.78 is 3.81. The van der Waals surface area contributed by atoms with E-state index in [2.05, 4.69) is 15.0 Å². The third-order valence-corrected chi connectivity index (χ3v) is 4.00. The highest BCUT2D eigenvalue weighted by atomic mass is 32.1. The highest BCUT2D eigenvalue weighted by molar-refractivity contribution is 7.71. The summed E-state index contributed by atoms with van der Waals surface area (Å²) >= 11 is 5.38. The molecule has 6 nitrogen and oxygen atoms in total. The standard InChI is InChI=1S/C13H18N6S/c14-19-12(11-4-6-15-7-5-11)16-18(13(19)20)10-17-8-2-1-3-9-17/h4-7H,1-3,8-10,14H2. The molecule has 1 fully saturated rings. The molecule has 0 radical (unpaired) electrons. The van der Waals surface area contributed by atoms with Gasteiger partial charge in [-0.25, -0.2) is 9.36 Å². The highest BCUT2D eigenvalue weighted by Crippen LogP contribution is 2.16. The van der Waals surface area contributed by atoms with E-state index in [9.17, 15) is 0 Å². The van der Waals surface area contributed by atoms with Crippen LogP contribution in [0.15, 0.2) is 24.5 Å².